The molecule has 0 spiro atoms. The molecule has 0 radical (unpaired) electrons. The molecule has 18 heavy (non-hydrogen) atoms. The third-order valence-electron chi connectivity index (χ3n) is 4.00. The molecule has 0 fully saturated rings. The van der Waals surface area contributed by atoms with Gasteiger partial charge < -0.3 is 10.4 Å². The fourth-order valence-electron chi connectivity index (χ4n) is 3.12. The lowest BCUT2D eigenvalue weighted by molar-refractivity contribution is 0.189. The van der Waals surface area contributed by atoms with Crippen LogP contribution >= 0.6 is 0 Å². The first-order chi connectivity index (χ1) is 8.32. The standard InChI is InChI=1S/C16H31NO/c1-12-8-13(2)10-14(9-12)11-17-15(6-7-18)16(3,4)5/h8,12,14-15,17-18H,6-7,9-11H2,1-5H3. The van der Waals surface area contributed by atoms with Crippen LogP contribution in [0.3, 0.4) is 0 Å². The Hall–Kier alpha value is -0.340. The van der Waals surface area contributed by atoms with Crippen LogP contribution in [0.1, 0.15) is 53.9 Å². The van der Waals surface area contributed by atoms with Gasteiger partial charge in [-0.25, -0.2) is 0 Å². The van der Waals surface area contributed by atoms with Crippen LogP contribution in [0.2, 0.25) is 0 Å². The fourth-order valence-corrected chi connectivity index (χ4v) is 3.12. The van der Waals surface area contributed by atoms with Crippen LogP contribution < -0.4 is 5.32 Å². The van der Waals surface area contributed by atoms with E-state index in [1.54, 1.807) is 0 Å². The molecule has 0 aliphatic heterocycles. The number of aliphatic hydroxyl groups excluding tert-OH is 1. The van der Waals surface area contributed by atoms with E-state index in [0.717, 1.165) is 24.8 Å². The lowest BCUT2D eigenvalue weighted by atomic mass is 9.81. The van der Waals surface area contributed by atoms with Gasteiger partial charge in [-0.2, -0.15) is 0 Å². The summed E-state index contributed by atoms with van der Waals surface area (Å²) in [6.45, 7) is 12.6. The summed E-state index contributed by atoms with van der Waals surface area (Å²) < 4.78 is 0. The molecule has 1 aliphatic carbocycles. The summed E-state index contributed by atoms with van der Waals surface area (Å²) in [5.41, 5.74) is 1.75. The summed E-state index contributed by atoms with van der Waals surface area (Å²) >= 11 is 0. The molecular formula is C16H31NO. The van der Waals surface area contributed by atoms with Crippen LogP contribution in [0.25, 0.3) is 0 Å². The molecule has 3 unspecified atom stereocenters. The molecule has 2 heteroatoms. The highest BCUT2D eigenvalue weighted by molar-refractivity contribution is 5.06. The van der Waals surface area contributed by atoms with Crippen LogP contribution in [0.4, 0.5) is 0 Å². The predicted molar refractivity (Wildman–Crippen MR) is 78.6 cm³/mol. The van der Waals surface area contributed by atoms with Crippen molar-refractivity contribution in [3.8, 4) is 0 Å². The van der Waals surface area contributed by atoms with Crippen LogP contribution in [0.15, 0.2) is 11.6 Å². The van der Waals surface area contributed by atoms with Crippen LogP contribution in [-0.2, 0) is 0 Å². The van der Waals surface area contributed by atoms with E-state index in [1.165, 1.54) is 18.4 Å². The molecule has 0 saturated heterocycles. The van der Waals surface area contributed by atoms with E-state index >= 15 is 0 Å². The first kappa shape index (κ1) is 15.7. The molecule has 3 atom stereocenters. The molecule has 0 heterocycles. The van der Waals surface area contributed by atoms with E-state index < -0.39 is 0 Å². The Balaban J connectivity index is 2.45. The first-order valence-corrected chi connectivity index (χ1v) is 7.34. The largest absolute Gasteiger partial charge is 0.396 e. The zero-order valence-corrected chi connectivity index (χ0v) is 12.8. The number of hydrogen-bond donors (Lipinski definition) is 2. The van der Waals surface area contributed by atoms with E-state index in [2.05, 4.69) is 46.0 Å². The summed E-state index contributed by atoms with van der Waals surface area (Å²) in [5.74, 6) is 1.48. The molecule has 2 N–H and O–H groups in total. The van der Waals surface area contributed by atoms with Gasteiger partial charge in [0.1, 0.15) is 0 Å². The second-order valence-electron chi connectivity index (χ2n) is 7.14. The smallest absolute Gasteiger partial charge is 0.0446 e. The van der Waals surface area contributed by atoms with Gasteiger partial charge in [-0.1, -0.05) is 39.3 Å². The van der Waals surface area contributed by atoms with Gasteiger partial charge in [-0.3, -0.25) is 0 Å². The van der Waals surface area contributed by atoms with Crippen molar-refractivity contribution >= 4 is 0 Å². The summed E-state index contributed by atoms with van der Waals surface area (Å²) in [4.78, 5) is 0. The molecular weight excluding hydrogens is 222 g/mol. The zero-order valence-electron chi connectivity index (χ0n) is 12.8. The second kappa shape index (κ2) is 6.72. The van der Waals surface area contributed by atoms with Crippen molar-refractivity contribution < 1.29 is 5.11 Å². The highest BCUT2D eigenvalue weighted by Gasteiger charge is 2.25. The maximum absolute atomic E-state index is 9.17. The number of rotatable bonds is 5. The Bertz CT molecular complexity index is 277. The maximum Gasteiger partial charge on any atom is 0.0446 e. The van der Waals surface area contributed by atoms with E-state index in [9.17, 15) is 5.11 Å². The van der Waals surface area contributed by atoms with E-state index in [4.69, 9.17) is 0 Å². The molecule has 106 valence electrons. The monoisotopic (exact) mass is 253 g/mol. The Kier molecular flexibility index (Phi) is 5.87. The van der Waals surface area contributed by atoms with E-state index in [-0.39, 0.29) is 12.0 Å². The van der Waals surface area contributed by atoms with Crippen LogP contribution in [0, 0.1) is 17.3 Å². The molecule has 1 rings (SSSR count). The summed E-state index contributed by atoms with van der Waals surface area (Å²) in [6, 6.07) is 0.406. The van der Waals surface area contributed by atoms with Crippen molar-refractivity contribution in [3.05, 3.63) is 11.6 Å². The Morgan fingerprint density at radius 3 is 2.61 bits per heavy atom. The fraction of sp³-hybridized carbons (Fsp3) is 0.875. The molecule has 0 aromatic carbocycles. The van der Waals surface area contributed by atoms with Gasteiger partial charge in [0.25, 0.3) is 0 Å². The second-order valence-corrected chi connectivity index (χ2v) is 7.14. The highest BCUT2D eigenvalue weighted by atomic mass is 16.3. The Labute approximate surface area is 113 Å². The molecule has 1 aliphatic rings. The molecule has 0 aromatic rings. The molecule has 2 nitrogen and oxygen atoms in total. The van der Waals surface area contributed by atoms with Gasteiger partial charge in [0.05, 0.1) is 0 Å². The average Bonchev–Trinajstić information content (AvgIpc) is 2.21. The lowest BCUT2D eigenvalue weighted by Crippen LogP contribution is -2.43. The van der Waals surface area contributed by atoms with Crippen molar-refractivity contribution in [3.63, 3.8) is 0 Å². The summed E-state index contributed by atoms with van der Waals surface area (Å²) in [7, 11) is 0. The maximum atomic E-state index is 9.17. The van der Waals surface area contributed by atoms with Crippen molar-refractivity contribution in [1.82, 2.24) is 5.32 Å². The van der Waals surface area contributed by atoms with E-state index in [1.807, 2.05) is 0 Å². The Morgan fingerprint density at radius 1 is 1.44 bits per heavy atom. The van der Waals surface area contributed by atoms with Crippen LogP contribution in [-0.4, -0.2) is 24.3 Å². The van der Waals surface area contributed by atoms with E-state index in [0.29, 0.717) is 6.04 Å². The topological polar surface area (TPSA) is 32.3 Å². The highest BCUT2D eigenvalue weighted by Crippen LogP contribution is 2.28. The summed E-state index contributed by atoms with van der Waals surface area (Å²) in [5, 5.41) is 12.9. The van der Waals surface area contributed by atoms with Crippen molar-refractivity contribution in [2.24, 2.45) is 17.3 Å². The minimum absolute atomic E-state index is 0.216. The average molecular weight is 253 g/mol. The SMILES string of the molecule is CC1=CC(C)CC(CNC(CCO)C(C)(C)C)C1. The number of allylic oxidation sites excluding steroid dienone is 2. The van der Waals surface area contributed by atoms with Crippen molar-refractivity contribution in [2.75, 3.05) is 13.2 Å². The van der Waals surface area contributed by atoms with Gasteiger partial charge in [0, 0.05) is 12.6 Å². The van der Waals surface area contributed by atoms with Gasteiger partial charge in [0.2, 0.25) is 0 Å². The third-order valence-corrected chi connectivity index (χ3v) is 4.00. The quantitative estimate of drug-likeness (QED) is 0.736. The van der Waals surface area contributed by atoms with Gasteiger partial charge >= 0.3 is 0 Å². The molecule has 0 bridgehead atoms. The van der Waals surface area contributed by atoms with Gasteiger partial charge in [-0.05, 0) is 50.0 Å². The minimum atomic E-state index is 0.216. The third kappa shape index (κ3) is 5.11. The van der Waals surface area contributed by atoms with Gasteiger partial charge in [-0.15, -0.1) is 0 Å². The molecule has 0 aromatic heterocycles. The number of nitrogens with one attached hydrogen (secondary N) is 1. The van der Waals surface area contributed by atoms with Crippen molar-refractivity contribution in [2.45, 2.75) is 59.9 Å². The number of hydrogen-bond acceptors (Lipinski definition) is 2. The van der Waals surface area contributed by atoms with Crippen molar-refractivity contribution in [1.29, 1.82) is 0 Å². The van der Waals surface area contributed by atoms with Crippen LogP contribution in [0.5, 0.6) is 0 Å². The van der Waals surface area contributed by atoms with Gasteiger partial charge in [0.15, 0.2) is 0 Å². The number of aliphatic hydroxyl groups is 1. The molecule has 0 amide bonds. The zero-order chi connectivity index (χ0) is 13.8. The normalized spacial score (nSPS) is 26.9. The summed E-state index contributed by atoms with van der Waals surface area (Å²) in [6.07, 6.45) is 5.78. The molecule has 0 saturated carbocycles. The lowest BCUT2D eigenvalue weighted by Gasteiger charge is -2.34. The predicted octanol–water partition coefficient (Wildman–Crippen LogP) is 3.37. The first-order valence-electron chi connectivity index (χ1n) is 7.34. The Morgan fingerprint density at radius 2 is 2.11 bits per heavy atom. The minimum Gasteiger partial charge on any atom is -0.396 e.